The van der Waals surface area contributed by atoms with Gasteiger partial charge in [-0.1, -0.05) is 35.6 Å². The SMILES string of the molecule is C#CCOCC1(COCC#C)COC2(CCN(CC3=C(C(=O)OC)C(c4ccc(F)cc4Cl)N=C(c4ccccn4)N3)CC2)OC1. The number of amidine groups is 1. The third kappa shape index (κ3) is 7.76. The molecular weight excluding hydrogens is 615 g/mol. The third-order valence-electron chi connectivity index (χ3n) is 8.17. The zero-order valence-corrected chi connectivity index (χ0v) is 26.4. The number of nitrogens with zero attached hydrogens (tertiary/aromatic N) is 3. The molecule has 0 aliphatic carbocycles. The Morgan fingerprint density at radius 2 is 1.83 bits per heavy atom. The molecule has 2 aromatic rings. The zero-order valence-electron chi connectivity index (χ0n) is 25.6. The molecule has 1 aromatic heterocycles. The molecular formula is C34H36ClFN4O6. The van der Waals surface area contributed by atoms with E-state index < -0.39 is 29.0 Å². The average molecular weight is 651 g/mol. The lowest BCUT2D eigenvalue weighted by Crippen LogP contribution is -2.57. The second-order valence-electron chi connectivity index (χ2n) is 11.4. The Kier molecular flexibility index (Phi) is 11.1. The summed E-state index contributed by atoms with van der Waals surface area (Å²) in [4.78, 5) is 24.8. The summed E-state index contributed by atoms with van der Waals surface area (Å²) in [6.07, 6.45) is 13.6. The van der Waals surface area contributed by atoms with Crippen molar-refractivity contribution in [3.63, 3.8) is 0 Å². The number of terminal acetylenes is 2. The maximum Gasteiger partial charge on any atom is 0.338 e. The molecule has 2 fully saturated rings. The average Bonchev–Trinajstić information content (AvgIpc) is 3.07. The Morgan fingerprint density at radius 1 is 1.13 bits per heavy atom. The molecule has 10 nitrogen and oxygen atoms in total. The standard InChI is InChI=1S/C34H36ClFN4O6/c1-4-16-43-20-33(21-44-17-5-2)22-45-34(46-23-33)11-14-40(15-12-34)19-28-29(32(41)42-3)30(25-10-9-24(36)18-26(25)35)39-31(38-28)27-8-6-7-13-37-27/h1-2,6-10,13,18,30H,11-12,14-17,19-23H2,3H3,(H,38,39). The van der Waals surface area contributed by atoms with Gasteiger partial charge < -0.3 is 29.0 Å². The van der Waals surface area contributed by atoms with E-state index in [1.807, 2.05) is 12.1 Å². The van der Waals surface area contributed by atoms with E-state index >= 15 is 0 Å². The number of methoxy groups -OCH3 is 1. The number of hydrogen-bond donors (Lipinski definition) is 1. The van der Waals surface area contributed by atoms with Crippen LogP contribution in [0.5, 0.6) is 0 Å². The fourth-order valence-corrected chi connectivity index (χ4v) is 6.00. The minimum atomic E-state index is -0.851. The van der Waals surface area contributed by atoms with Crippen LogP contribution in [-0.2, 0) is 28.5 Å². The summed E-state index contributed by atoms with van der Waals surface area (Å²) >= 11 is 6.49. The summed E-state index contributed by atoms with van der Waals surface area (Å²) in [6, 6.07) is 8.64. The molecule has 1 aromatic carbocycles. The van der Waals surface area contributed by atoms with E-state index in [-0.39, 0.29) is 23.8 Å². The minimum Gasteiger partial charge on any atom is -0.466 e. The molecule has 4 heterocycles. The summed E-state index contributed by atoms with van der Waals surface area (Å²) < 4.78 is 43.3. The lowest BCUT2D eigenvalue weighted by molar-refractivity contribution is -0.327. The molecule has 0 bridgehead atoms. The van der Waals surface area contributed by atoms with Crippen LogP contribution in [0.15, 0.2) is 58.9 Å². The number of halogens is 2. The lowest BCUT2D eigenvalue weighted by atomic mass is 9.89. The van der Waals surface area contributed by atoms with Crippen molar-refractivity contribution in [3.8, 4) is 24.7 Å². The van der Waals surface area contributed by atoms with Gasteiger partial charge in [0.25, 0.3) is 0 Å². The van der Waals surface area contributed by atoms with E-state index in [1.54, 1.807) is 12.3 Å². The van der Waals surface area contributed by atoms with Crippen molar-refractivity contribution in [2.45, 2.75) is 24.7 Å². The molecule has 2 saturated heterocycles. The van der Waals surface area contributed by atoms with Gasteiger partial charge >= 0.3 is 5.97 Å². The highest BCUT2D eigenvalue weighted by atomic mass is 35.5. The number of carbonyl (C=O) groups excluding carboxylic acids is 1. The first kappa shape index (κ1) is 33.6. The van der Waals surface area contributed by atoms with E-state index in [4.69, 9.17) is 53.1 Å². The topological polar surface area (TPSA) is 104 Å². The highest BCUT2D eigenvalue weighted by Crippen LogP contribution is 2.39. The Balaban J connectivity index is 1.34. The largest absolute Gasteiger partial charge is 0.466 e. The summed E-state index contributed by atoms with van der Waals surface area (Å²) in [5, 5.41) is 3.48. The molecule has 242 valence electrons. The van der Waals surface area contributed by atoms with Crippen LogP contribution in [0.1, 0.15) is 30.1 Å². The van der Waals surface area contributed by atoms with Gasteiger partial charge in [-0.05, 0) is 24.3 Å². The van der Waals surface area contributed by atoms with Crippen LogP contribution in [0.3, 0.4) is 0 Å². The molecule has 0 amide bonds. The monoisotopic (exact) mass is 650 g/mol. The Hall–Kier alpha value is -3.81. The van der Waals surface area contributed by atoms with Crippen molar-refractivity contribution < 1.29 is 32.9 Å². The number of ether oxygens (including phenoxy) is 5. The van der Waals surface area contributed by atoms with Gasteiger partial charge in [-0.25, -0.2) is 9.18 Å². The van der Waals surface area contributed by atoms with Gasteiger partial charge in [0.2, 0.25) is 0 Å². The summed E-state index contributed by atoms with van der Waals surface area (Å²) in [5.41, 5.74) is 1.39. The predicted molar refractivity (Wildman–Crippen MR) is 169 cm³/mol. The van der Waals surface area contributed by atoms with Gasteiger partial charge in [0, 0.05) is 55.0 Å². The van der Waals surface area contributed by atoms with Crippen molar-refractivity contribution in [1.82, 2.24) is 15.2 Å². The molecule has 0 saturated carbocycles. The zero-order chi connectivity index (χ0) is 32.6. The van der Waals surface area contributed by atoms with Gasteiger partial charge in [0.05, 0.1) is 44.5 Å². The van der Waals surface area contributed by atoms with Crippen LogP contribution >= 0.6 is 11.6 Å². The second-order valence-corrected chi connectivity index (χ2v) is 11.8. The van der Waals surface area contributed by atoms with Crippen LogP contribution < -0.4 is 5.32 Å². The van der Waals surface area contributed by atoms with Gasteiger partial charge in [-0.2, -0.15) is 0 Å². The van der Waals surface area contributed by atoms with Crippen LogP contribution in [0.4, 0.5) is 4.39 Å². The quantitative estimate of drug-likeness (QED) is 0.222. The Morgan fingerprint density at radius 3 is 2.41 bits per heavy atom. The van der Waals surface area contributed by atoms with Gasteiger partial charge in [0.1, 0.15) is 30.8 Å². The normalized spacial score (nSPS) is 20.7. The predicted octanol–water partition coefficient (Wildman–Crippen LogP) is 3.52. The maximum atomic E-state index is 14.0. The number of piperidine rings is 1. The number of likely N-dealkylation sites (tertiary alicyclic amines) is 1. The second kappa shape index (κ2) is 15.2. The minimum absolute atomic E-state index is 0.147. The van der Waals surface area contributed by atoms with Crippen molar-refractivity contribution in [2.24, 2.45) is 10.4 Å². The van der Waals surface area contributed by atoms with Gasteiger partial charge in [-0.3, -0.25) is 14.9 Å². The van der Waals surface area contributed by atoms with E-state index in [1.165, 1.54) is 25.3 Å². The first-order valence-electron chi connectivity index (χ1n) is 14.9. The number of aliphatic imine (C=N–C) groups is 1. The molecule has 46 heavy (non-hydrogen) atoms. The van der Waals surface area contributed by atoms with Crippen molar-refractivity contribution in [3.05, 3.63) is 76.0 Å². The van der Waals surface area contributed by atoms with Crippen molar-refractivity contribution >= 4 is 23.4 Å². The fraction of sp³-hybridized carbons (Fsp3) is 0.441. The molecule has 3 aliphatic rings. The molecule has 1 N–H and O–H groups in total. The smallest absolute Gasteiger partial charge is 0.338 e. The maximum absolute atomic E-state index is 14.0. The fourth-order valence-electron chi connectivity index (χ4n) is 5.73. The number of rotatable bonds is 11. The molecule has 0 radical (unpaired) electrons. The molecule has 1 atom stereocenters. The molecule has 12 heteroatoms. The highest BCUT2D eigenvalue weighted by molar-refractivity contribution is 6.31. The number of aromatic nitrogens is 1. The number of carbonyl (C=O) groups is 1. The van der Waals surface area contributed by atoms with Gasteiger partial charge in [-0.15, -0.1) is 12.8 Å². The summed E-state index contributed by atoms with van der Waals surface area (Å²) in [5.74, 6) is 3.58. The molecule has 1 unspecified atom stereocenters. The van der Waals surface area contributed by atoms with Crippen molar-refractivity contribution in [1.29, 1.82) is 0 Å². The molecule has 3 aliphatic heterocycles. The van der Waals surface area contributed by atoms with Crippen LogP contribution in [0.25, 0.3) is 0 Å². The molecule has 1 spiro atoms. The first-order valence-corrected chi connectivity index (χ1v) is 15.2. The van der Waals surface area contributed by atoms with Crippen LogP contribution in [-0.4, -0.2) is 93.9 Å². The summed E-state index contributed by atoms with van der Waals surface area (Å²) in [7, 11) is 1.31. The van der Waals surface area contributed by atoms with E-state index in [0.717, 1.165) is 0 Å². The number of pyridine rings is 1. The number of esters is 1. The van der Waals surface area contributed by atoms with Crippen LogP contribution in [0, 0.1) is 35.9 Å². The van der Waals surface area contributed by atoms with Crippen LogP contribution in [0.2, 0.25) is 5.02 Å². The molecule has 5 rings (SSSR count). The third-order valence-corrected chi connectivity index (χ3v) is 8.49. The van der Waals surface area contributed by atoms with Gasteiger partial charge in [0.15, 0.2) is 11.6 Å². The van der Waals surface area contributed by atoms with E-state index in [2.05, 4.69) is 27.0 Å². The Labute approximate surface area is 273 Å². The number of hydrogen-bond acceptors (Lipinski definition) is 10. The highest BCUT2D eigenvalue weighted by Gasteiger charge is 2.47. The number of nitrogens with one attached hydrogen (secondary N) is 1. The first-order chi connectivity index (χ1) is 22.3. The van der Waals surface area contributed by atoms with E-state index in [9.17, 15) is 9.18 Å². The van der Waals surface area contributed by atoms with E-state index in [0.29, 0.717) is 81.7 Å². The lowest BCUT2D eigenvalue weighted by Gasteiger charge is -2.49. The summed E-state index contributed by atoms with van der Waals surface area (Å²) in [6.45, 7) is 3.32. The van der Waals surface area contributed by atoms with Crippen molar-refractivity contribution in [2.75, 3.05) is 66.4 Å². The number of benzene rings is 1. The Bertz CT molecular complexity index is 1510.